The first-order valence-electron chi connectivity index (χ1n) is 5.15. The quantitative estimate of drug-likeness (QED) is 0.688. The number of aromatic nitrogens is 3. The Bertz CT molecular complexity index is 393. The van der Waals surface area contributed by atoms with Crippen molar-refractivity contribution in [2.75, 3.05) is 6.61 Å². The van der Waals surface area contributed by atoms with Crippen LogP contribution in [0.1, 0.15) is 31.4 Å². The van der Waals surface area contributed by atoms with Crippen molar-refractivity contribution < 1.29 is 9.53 Å². The highest BCUT2D eigenvalue weighted by molar-refractivity contribution is 5.85. The SMILES string of the molecule is CCOC(=O)C1(c2nc(C)nn2C)CC1. The second kappa shape index (κ2) is 3.32. The lowest BCUT2D eigenvalue weighted by atomic mass is 10.1. The molecule has 0 atom stereocenters. The molecule has 0 saturated heterocycles. The maximum Gasteiger partial charge on any atom is 0.319 e. The van der Waals surface area contributed by atoms with E-state index in [9.17, 15) is 4.79 Å². The number of ether oxygens (including phenoxy) is 1. The zero-order chi connectivity index (χ0) is 11.1. The van der Waals surface area contributed by atoms with Gasteiger partial charge in [0.2, 0.25) is 0 Å². The van der Waals surface area contributed by atoms with Crippen LogP contribution in [-0.2, 0) is 22.0 Å². The van der Waals surface area contributed by atoms with E-state index >= 15 is 0 Å². The van der Waals surface area contributed by atoms with Gasteiger partial charge in [0, 0.05) is 7.05 Å². The summed E-state index contributed by atoms with van der Waals surface area (Å²) in [6.45, 7) is 4.05. The molecule has 2 rings (SSSR count). The van der Waals surface area contributed by atoms with Gasteiger partial charge in [0.15, 0.2) is 0 Å². The average Bonchev–Trinajstić information content (AvgIpc) is 2.89. The smallest absolute Gasteiger partial charge is 0.319 e. The van der Waals surface area contributed by atoms with E-state index in [4.69, 9.17) is 4.74 Å². The molecule has 0 amide bonds. The van der Waals surface area contributed by atoms with Crippen LogP contribution in [0, 0.1) is 6.92 Å². The fourth-order valence-electron chi connectivity index (χ4n) is 1.84. The van der Waals surface area contributed by atoms with Gasteiger partial charge in [-0.25, -0.2) is 4.98 Å². The largest absolute Gasteiger partial charge is 0.465 e. The maximum atomic E-state index is 11.8. The van der Waals surface area contributed by atoms with Gasteiger partial charge >= 0.3 is 5.97 Å². The molecule has 0 N–H and O–H groups in total. The van der Waals surface area contributed by atoms with Crippen LogP contribution >= 0.6 is 0 Å². The summed E-state index contributed by atoms with van der Waals surface area (Å²) in [5, 5.41) is 4.16. The lowest BCUT2D eigenvalue weighted by molar-refractivity contribution is -0.146. The molecule has 1 aliphatic rings. The molecule has 15 heavy (non-hydrogen) atoms. The molecule has 0 aliphatic heterocycles. The van der Waals surface area contributed by atoms with Gasteiger partial charge in [-0.05, 0) is 26.7 Å². The fraction of sp³-hybridized carbons (Fsp3) is 0.700. The Morgan fingerprint density at radius 3 is 2.67 bits per heavy atom. The summed E-state index contributed by atoms with van der Waals surface area (Å²) in [7, 11) is 1.81. The van der Waals surface area contributed by atoms with Gasteiger partial charge in [-0.1, -0.05) is 0 Å². The molecule has 5 heteroatoms. The minimum Gasteiger partial charge on any atom is -0.465 e. The van der Waals surface area contributed by atoms with E-state index in [1.54, 1.807) is 4.68 Å². The number of carbonyl (C=O) groups excluding carboxylic acids is 1. The summed E-state index contributed by atoms with van der Waals surface area (Å²) < 4.78 is 6.75. The van der Waals surface area contributed by atoms with Crippen molar-refractivity contribution in [2.45, 2.75) is 32.1 Å². The van der Waals surface area contributed by atoms with E-state index in [0.717, 1.165) is 18.7 Å². The number of aryl methyl sites for hydroxylation is 2. The molecule has 0 unspecified atom stereocenters. The molecule has 0 radical (unpaired) electrons. The summed E-state index contributed by atoms with van der Waals surface area (Å²) in [5.74, 6) is 1.27. The monoisotopic (exact) mass is 209 g/mol. The number of rotatable bonds is 3. The van der Waals surface area contributed by atoms with Crippen molar-refractivity contribution in [1.29, 1.82) is 0 Å². The minimum atomic E-state index is -0.508. The van der Waals surface area contributed by atoms with E-state index in [-0.39, 0.29) is 5.97 Å². The molecular weight excluding hydrogens is 194 g/mol. The number of carbonyl (C=O) groups is 1. The third-order valence-corrected chi connectivity index (χ3v) is 2.71. The molecule has 1 aliphatic carbocycles. The second-order valence-corrected chi connectivity index (χ2v) is 3.91. The van der Waals surface area contributed by atoms with Crippen LogP contribution in [-0.4, -0.2) is 27.3 Å². The third-order valence-electron chi connectivity index (χ3n) is 2.71. The Labute approximate surface area is 88.4 Å². The Kier molecular flexibility index (Phi) is 2.25. The van der Waals surface area contributed by atoms with Crippen LogP contribution in [0.2, 0.25) is 0 Å². The van der Waals surface area contributed by atoms with Gasteiger partial charge < -0.3 is 4.74 Å². The molecule has 1 aromatic rings. The van der Waals surface area contributed by atoms with Crippen LogP contribution in [0.5, 0.6) is 0 Å². The van der Waals surface area contributed by atoms with Gasteiger partial charge in [0.25, 0.3) is 0 Å². The summed E-state index contributed by atoms with van der Waals surface area (Å²) in [4.78, 5) is 16.1. The van der Waals surface area contributed by atoms with Crippen molar-refractivity contribution in [1.82, 2.24) is 14.8 Å². The molecule has 0 bridgehead atoms. The highest BCUT2D eigenvalue weighted by Gasteiger charge is 2.56. The Hall–Kier alpha value is -1.39. The van der Waals surface area contributed by atoms with Gasteiger partial charge in [0.05, 0.1) is 6.61 Å². The Morgan fingerprint density at radius 2 is 2.27 bits per heavy atom. The molecule has 0 spiro atoms. The highest BCUT2D eigenvalue weighted by Crippen LogP contribution is 2.48. The number of esters is 1. The fourth-order valence-corrected chi connectivity index (χ4v) is 1.84. The van der Waals surface area contributed by atoms with E-state index in [0.29, 0.717) is 12.4 Å². The van der Waals surface area contributed by atoms with Gasteiger partial charge in [-0.15, -0.1) is 0 Å². The molecule has 1 saturated carbocycles. The highest BCUT2D eigenvalue weighted by atomic mass is 16.5. The minimum absolute atomic E-state index is 0.166. The molecular formula is C10H15N3O2. The standard InChI is InChI=1S/C10H15N3O2/c1-4-15-9(14)10(5-6-10)8-11-7(2)12-13(8)3/h4-6H2,1-3H3. The van der Waals surface area contributed by atoms with Crippen molar-refractivity contribution in [3.8, 4) is 0 Å². The zero-order valence-corrected chi connectivity index (χ0v) is 9.28. The topological polar surface area (TPSA) is 57.0 Å². The second-order valence-electron chi connectivity index (χ2n) is 3.91. The summed E-state index contributed by atoms with van der Waals surface area (Å²) in [5.41, 5.74) is -0.508. The molecule has 5 nitrogen and oxygen atoms in total. The molecule has 0 aromatic carbocycles. The van der Waals surface area contributed by atoms with Crippen molar-refractivity contribution in [3.05, 3.63) is 11.6 Å². The first kappa shape index (κ1) is 10.1. The van der Waals surface area contributed by atoms with E-state index in [1.165, 1.54) is 0 Å². The number of hydrogen-bond donors (Lipinski definition) is 0. The Morgan fingerprint density at radius 1 is 1.60 bits per heavy atom. The zero-order valence-electron chi connectivity index (χ0n) is 9.28. The van der Waals surface area contributed by atoms with Crippen LogP contribution in [0.4, 0.5) is 0 Å². The number of hydrogen-bond acceptors (Lipinski definition) is 4. The van der Waals surface area contributed by atoms with Crippen molar-refractivity contribution >= 4 is 5.97 Å². The Balaban J connectivity index is 2.30. The predicted octanol–water partition coefficient (Wildman–Crippen LogP) is 0.718. The molecule has 1 aromatic heterocycles. The molecule has 1 heterocycles. The van der Waals surface area contributed by atoms with E-state index in [1.807, 2.05) is 20.9 Å². The van der Waals surface area contributed by atoms with Gasteiger partial charge in [-0.3, -0.25) is 9.48 Å². The summed E-state index contributed by atoms with van der Waals surface area (Å²) in [6.07, 6.45) is 1.63. The summed E-state index contributed by atoms with van der Waals surface area (Å²) in [6, 6.07) is 0. The third kappa shape index (κ3) is 1.52. The predicted molar refractivity (Wildman–Crippen MR) is 53.3 cm³/mol. The van der Waals surface area contributed by atoms with Crippen LogP contribution in [0.25, 0.3) is 0 Å². The van der Waals surface area contributed by atoms with Crippen LogP contribution < -0.4 is 0 Å². The lowest BCUT2D eigenvalue weighted by Gasteiger charge is -2.12. The van der Waals surface area contributed by atoms with Crippen molar-refractivity contribution in [3.63, 3.8) is 0 Å². The number of nitrogens with zero attached hydrogens (tertiary/aromatic N) is 3. The first-order valence-corrected chi connectivity index (χ1v) is 5.15. The van der Waals surface area contributed by atoms with Gasteiger partial charge in [0.1, 0.15) is 17.1 Å². The average molecular weight is 209 g/mol. The molecule has 1 fully saturated rings. The first-order chi connectivity index (χ1) is 7.10. The lowest BCUT2D eigenvalue weighted by Crippen LogP contribution is -2.26. The van der Waals surface area contributed by atoms with E-state index in [2.05, 4.69) is 10.1 Å². The van der Waals surface area contributed by atoms with Crippen molar-refractivity contribution in [2.24, 2.45) is 7.05 Å². The van der Waals surface area contributed by atoms with Gasteiger partial charge in [-0.2, -0.15) is 5.10 Å². The van der Waals surface area contributed by atoms with Crippen LogP contribution in [0.15, 0.2) is 0 Å². The molecule has 82 valence electrons. The van der Waals surface area contributed by atoms with E-state index < -0.39 is 5.41 Å². The summed E-state index contributed by atoms with van der Waals surface area (Å²) >= 11 is 0. The maximum absolute atomic E-state index is 11.8. The normalized spacial score (nSPS) is 17.5. The van der Waals surface area contributed by atoms with Crippen LogP contribution in [0.3, 0.4) is 0 Å².